The van der Waals surface area contributed by atoms with Crippen molar-refractivity contribution >= 4 is 0 Å². The van der Waals surface area contributed by atoms with E-state index in [0.29, 0.717) is 18.2 Å². The average Bonchev–Trinajstić information content (AvgIpc) is 2.33. The van der Waals surface area contributed by atoms with Crippen LogP contribution in [0.4, 0.5) is 0 Å². The maximum atomic E-state index is 8.52. The lowest BCUT2D eigenvalue weighted by molar-refractivity contribution is 0.441. The molecule has 16 heavy (non-hydrogen) atoms. The van der Waals surface area contributed by atoms with Gasteiger partial charge >= 0.3 is 6.01 Å². The van der Waals surface area contributed by atoms with Gasteiger partial charge in [-0.25, -0.2) is 9.97 Å². The van der Waals surface area contributed by atoms with Crippen LogP contribution in [0.15, 0.2) is 42.7 Å². The Balaban J connectivity index is 2.09. The molecule has 0 atom stereocenters. The smallest absolute Gasteiger partial charge is 0.321 e. The quantitative estimate of drug-likeness (QED) is 0.781. The first kappa shape index (κ1) is 10.1. The van der Waals surface area contributed by atoms with Gasteiger partial charge in [0.25, 0.3) is 0 Å². The highest BCUT2D eigenvalue weighted by atomic mass is 16.5. The third kappa shape index (κ3) is 2.55. The molecule has 0 saturated carbocycles. The molecule has 2 aromatic rings. The van der Waals surface area contributed by atoms with Crippen LogP contribution in [0, 0.1) is 11.3 Å². The summed E-state index contributed by atoms with van der Waals surface area (Å²) in [6.45, 7) is 0. The predicted molar refractivity (Wildman–Crippen MR) is 57.9 cm³/mol. The van der Waals surface area contributed by atoms with E-state index in [0.717, 1.165) is 5.56 Å². The van der Waals surface area contributed by atoms with Crippen LogP contribution >= 0.6 is 0 Å². The molecular weight excluding hydrogens is 202 g/mol. The van der Waals surface area contributed by atoms with E-state index in [1.807, 2.05) is 12.1 Å². The lowest BCUT2D eigenvalue weighted by Crippen LogP contribution is -1.90. The molecule has 0 aliphatic heterocycles. The molecule has 0 N–H and O–H groups in total. The van der Waals surface area contributed by atoms with Crippen LogP contribution in [0.3, 0.4) is 0 Å². The summed E-state index contributed by atoms with van der Waals surface area (Å²) in [7, 11) is 0. The number of nitrogens with zero attached hydrogens (tertiary/aromatic N) is 3. The molecule has 0 spiro atoms. The summed E-state index contributed by atoms with van der Waals surface area (Å²) < 4.78 is 5.41. The molecule has 0 radical (unpaired) electrons. The van der Waals surface area contributed by atoms with E-state index in [9.17, 15) is 0 Å². The van der Waals surface area contributed by atoms with Crippen molar-refractivity contribution in [2.75, 3.05) is 0 Å². The Labute approximate surface area is 93.2 Å². The minimum Gasteiger partial charge on any atom is -0.424 e. The summed E-state index contributed by atoms with van der Waals surface area (Å²) in [6, 6.07) is 11.4. The zero-order chi connectivity index (χ0) is 11.2. The Hall–Kier alpha value is -2.41. The van der Waals surface area contributed by atoms with Crippen molar-refractivity contribution < 1.29 is 4.74 Å². The Bertz CT molecular complexity index is 488. The van der Waals surface area contributed by atoms with Gasteiger partial charge in [0.15, 0.2) is 0 Å². The van der Waals surface area contributed by atoms with Crippen molar-refractivity contribution in [3.63, 3.8) is 0 Å². The third-order valence-corrected chi connectivity index (χ3v) is 1.96. The standard InChI is InChI=1S/C12H9N3O/c13-7-6-10-2-4-11(5-3-10)16-12-14-8-1-9-15-12/h1-5,8-9H,6H2. The summed E-state index contributed by atoms with van der Waals surface area (Å²) in [5, 5.41) is 8.52. The fraction of sp³-hybridized carbons (Fsp3) is 0.0833. The van der Waals surface area contributed by atoms with E-state index in [4.69, 9.17) is 10.00 Å². The van der Waals surface area contributed by atoms with Gasteiger partial charge in [-0.15, -0.1) is 0 Å². The molecule has 4 nitrogen and oxygen atoms in total. The molecule has 0 saturated heterocycles. The Kier molecular flexibility index (Phi) is 3.10. The average molecular weight is 211 g/mol. The Morgan fingerprint density at radius 3 is 2.44 bits per heavy atom. The van der Waals surface area contributed by atoms with Gasteiger partial charge in [-0.05, 0) is 23.8 Å². The summed E-state index contributed by atoms with van der Waals surface area (Å²) in [4.78, 5) is 7.89. The van der Waals surface area contributed by atoms with Gasteiger partial charge in [0.2, 0.25) is 0 Å². The number of aromatic nitrogens is 2. The van der Waals surface area contributed by atoms with Crippen molar-refractivity contribution in [1.82, 2.24) is 9.97 Å². The van der Waals surface area contributed by atoms with Gasteiger partial charge in [-0.1, -0.05) is 12.1 Å². The van der Waals surface area contributed by atoms with Crippen molar-refractivity contribution in [2.45, 2.75) is 6.42 Å². The van der Waals surface area contributed by atoms with Crippen LogP contribution < -0.4 is 4.74 Å². The Morgan fingerprint density at radius 1 is 1.12 bits per heavy atom. The SMILES string of the molecule is N#CCc1ccc(Oc2ncccn2)cc1. The first-order valence-corrected chi connectivity index (χ1v) is 4.79. The number of nitriles is 1. The van der Waals surface area contributed by atoms with Crippen LogP contribution in [0.2, 0.25) is 0 Å². The number of rotatable bonds is 3. The summed E-state index contributed by atoms with van der Waals surface area (Å²) in [5.41, 5.74) is 0.962. The zero-order valence-electron chi connectivity index (χ0n) is 8.50. The molecule has 78 valence electrons. The molecule has 1 heterocycles. The van der Waals surface area contributed by atoms with E-state index in [1.54, 1.807) is 30.6 Å². The van der Waals surface area contributed by atoms with E-state index < -0.39 is 0 Å². The topological polar surface area (TPSA) is 58.8 Å². The molecule has 2 rings (SSSR count). The van der Waals surface area contributed by atoms with Crippen molar-refractivity contribution in [2.24, 2.45) is 0 Å². The number of benzene rings is 1. The van der Waals surface area contributed by atoms with Gasteiger partial charge in [0.05, 0.1) is 12.5 Å². The maximum absolute atomic E-state index is 8.52. The highest BCUT2D eigenvalue weighted by Gasteiger charge is 1.98. The predicted octanol–water partition coefficient (Wildman–Crippen LogP) is 2.33. The van der Waals surface area contributed by atoms with Crippen LogP contribution in [0.25, 0.3) is 0 Å². The van der Waals surface area contributed by atoms with Gasteiger partial charge < -0.3 is 4.74 Å². The van der Waals surface area contributed by atoms with E-state index in [1.165, 1.54) is 0 Å². The van der Waals surface area contributed by atoms with Gasteiger partial charge in [0.1, 0.15) is 5.75 Å². The van der Waals surface area contributed by atoms with Crippen LogP contribution in [0.1, 0.15) is 5.56 Å². The molecule has 0 aliphatic carbocycles. The second kappa shape index (κ2) is 4.89. The Morgan fingerprint density at radius 2 is 1.81 bits per heavy atom. The van der Waals surface area contributed by atoms with Gasteiger partial charge in [-0.3, -0.25) is 0 Å². The van der Waals surface area contributed by atoms with Gasteiger partial charge in [-0.2, -0.15) is 5.26 Å². The molecule has 4 heteroatoms. The summed E-state index contributed by atoms with van der Waals surface area (Å²) in [6.07, 6.45) is 3.64. The molecule has 1 aromatic carbocycles. The maximum Gasteiger partial charge on any atom is 0.321 e. The minimum absolute atomic E-state index is 0.315. The second-order valence-corrected chi connectivity index (χ2v) is 3.11. The highest BCUT2D eigenvalue weighted by molar-refractivity contribution is 5.30. The van der Waals surface area contributed by atoms with E-state index >= 15 is 0 Å². The van der Waals surface area contributed by atoms with Crippen molar-refractivity contribution in [3.8, 4) is 17.8 Å². The first-order valence-electron chi connectivity index (χ1n) is 4.79. The number of ether oxygens (including phenoxy) is 1. The second-order valence-electron chi connectivity index (χ2n) is 3.11. The molecular formula is C12H9N3O. The molecule has 0 fully saturated rings. The first-order chi connectivity index (χ1) is 7.88. The molecule has 0 bridgehead atoms. The van der Waals surface area contributed by atoms with E-state index in [2.05, 4.69) is 16.0 Å². The molecule has 0 amide bonds. The number of hydrogen-bond donors (Lipinski definition) is 0. The zero-order valence-corrected chi connectivity index (χ0v) is 8.50. The summed E-state index contributed by atoms with van der Waals surface area (Å²) in [5.74, 6) is 0.660. The van der Waals surface area contributed by atoms with Gasteiger partial charge in [0, 0.05) is 12.4 Å². The van der Waals surface area contributed by atoms with Crippen LogP contribution in [0.5, 0.6) is 11.8 Å². The van der Waals surface area contributed by atoms with Crippen LogP contribution in [-0.4, -0.2) is 9.97 Å². The normalized spacial score (nSPS) is 9.44. The fourth-order valence-electron chi connectivity index (χ4n) is 1.21. The highest BCUT2D eigenvalue weighted by Crippen LogP contribution is 2.17. The minimum atomic E-state index is 0.315. The monoisotopic (exact) mass is 211 g/mol. The van der Waals surface area contributed by atoms with Crippen LogP contribution in [-0.2, 0) is 6.42 Å². The van der Waals surface area contributed by atoms with Crippen molar-refractivity contribution in [3.05, 3.63) is 48.3 Å². The molecule has 0 unspecified atom stereocenters. The lowest BCUT2D eigenvalue weighted by atomic mass is 10.2. The third-order valence-electron chi connectivity index (χ3n) is 1.96. The van der Waals surface area contributed by atoms with Crippen molar-refractivity contribution in [1.29, 1.82) is 5.26 Å². The lowest BCUT2D eigenvalue weighted by Gasteiger charge is -2.03. The fourth-order valence-corrected chi connectivity index (χ4v) is 1.21. The number of hydrogen-bond acceptors (Lipinski definition) is 4. The van der Waals surface area contributed by atoms with E-state index in [-0.39, 0.29) is 0 Å². The molecule has 0 aliphatic rings. The summed E-state index contributed by atoms with van der Waals surface area (Å²) >= 11 is 0. The largest absolute Gasteiger partial charge is 0.424 e. The molecule has 1 aromatic heterocycles.